The number of amides is 2. The van der Waals surface area contributed by atoms with Crippen molar-refractivity contribution in [2.45, 2.75) is 58.3 Å². The highest BCUT2D eigenvalue weighted by Crippen LogP contribution is 2.28. The first-order chi connectivity index (χ1) is 20.9. The van der Waals surface area contributed by atoms with E-state index in [0.717, 1.165) is 41.6 Å². The van der Waals surface area contributed by atoms with Crippen LogP contribution in [0.15, 0.2) is 73.2 Å². The fourth-order valence-electron chi connectivity index (χ4n) is 4.94. The van der Waals surface area contributed by atoms with E-state index in [1.807, 2.05) is 62.5 Å². The van der Waals surface area contributed by atoms with Crippen LogP contribution >= 0.6 is 0 Å². The number of nitriles is 1. The van der Waals surface area contributed by atoms with E-state index in [4.69, 9.17) is 15.0 Å². The van der Waals surface area contributed by atoms with Gasteiger partial charge in [-0.25, -0.2) is 19.4 Å². The van der Waals surface area contributed by atoms with Crippen LogP contribution in [-0.2, 0) is 11.3 Å². The van der Waals surface area contributed by atoms with Gasteiger partial charge < -0.3 is 15.4 Å². The van der Waals surface area contributed by atoms with Crippen LogP contribution < -0.4 is 10.6 Å². The lowest BCUT2D eigenvalue weighted by atomic mass is 10.1. The number of carbonyl (C=O) groups excluding carboxylic acids is 2. The number of ether oxygens (including phenoxy) is 1. The molecule has 1 fully saturated rings. The lowest BCUT2D eigenvalue weighted by Crippen LogP contribution is -2.41. The molecule has 2 aromatic carbocycles. The SMILES string of the molecule is CC[C@@H](C#N)NC(=O)c1ccc(-c2nc(Nc3cnn(C4CCCCN4C(=O)OCc4ccccc4)c3)ncc2C)cc1. The summed E-state index contributed by atoms with van der Waals surface area (Å²) in [5.74, 6) is 0.101. The summed E-state index contributed by atoms with van der Waals surface area (Å²) in [6.07, 6.45) is 7.86. The molecule has 220 valence electrons. The van der Waals surface area contributed by atoms with Crippen molar-refractivity contribution >= 4 is 23.6 Å². The summed E-state index contributed by atoms with van der Waals surface area (Å²) in [4.78, 5) is 36.3. The van der Waals surface area contributed by atoms with E-state index in [-0.39, 0.29) is 24.8 Å². The topological polar surface area (TPSA) is 138 Å². The molecule has 0 bridgehead atoms. The molecule has 1 saturated heterocycles. The molecule has 2 amide bonds. The molecule has 43 heavy (non-hydrogen) atoms. The van der Waals surface area contributed by atoms with E-state index in [9.17, 15) is 9.59 Å². The van der Waals surface area contributed by atoms with Crippen LogP contribution in [0.1, 0.15) is 60.3 Å². The quantitative estimate of drug-likeness (QED) is 0.256. The van der Waals surface area contributed by atoms with Crippen LogP contribution in [0.5, 0.6) is 0 Å². The molecule has 4 aromatic rings. The van der Waals surface area contributed by atoms with Gasteiger partial charge in [-0.1, -0.05) is 49.4 Å². The summed E-state index contributed by atoms with van der Waals surface area (Å²) in [6.45, 7) is 4.59. The molecule has 0 radical (unpaired) electrons. The minimum atomic E-state index is -0.524. The third kappa shape index (κ3) is 7.16. The molecule has 2 N–H and O–H groups in total. The first kappa shape index (κ1) is 29.3. The first-order valence-electron chi connectivity index (χ1n) is 14.4. The Hall–Kier alpha value is -5.24. The van der Waals surface area contributed by atoms with Crippen LogP contribution in [0.4, 0.5) is 16.4 Å². The number of likely N-dealkylation sites (tertiary alicyclic amines) is 1. The Morgan fingerprint density at radius 3 is 2.65 bits per heavy atom. The maximum Gasteiger partial charge on any atom is 0.411 e. The van der Waals surface area contributed by atoms with Gasteiger partial charge in [0.2, 0.25) is 5.95 Å². The zero-order valence-electron chi connectivity index (χ0n) is 24.2. The number of piperidine rings is 1. The monoisotopic (exact) mass is 578 g/mol. The molecule has 3 heterocycles. The first-order valence-corrected chi connectivity index (χ1v) is 14.4. The van der Waals surface area contributed by atoms with Crippen LogP contribution in [0, 0.1) is 18.3 Å². The predicted molar refractivity (Wildman–Crippen MR) is 161 cm³/mol. The van der Waals surface area contributed by atoms with Crippen molar-refractivity contribution in [2.75, 3.05) is 11.9 Å². The number of aryl methyl sites for hydroxylation is 1. The number of rotatable bonds is 9. The average molecular weight is 579 g/mol. The van der Waals surface area contributed by atoms with E-state index >= 15 is 0 Å². The van der Waals surface area contributed by atoms with E-state index in [1.165, 1.54) is 0 Å². The Kier molecular flexibility index (Phi) is 9.26. The second kappa shape index (κ2) is 13.6. The van der Waals surface area contributed by atoms with Crippen molar-refractivity contribution < 1.29 is 14.3 Å². The predicted octanol–water partition coefficient (Wildman–Crippen LogP) is 5.75. The highest BCUT2D eigenvalue weighted by molar-refractivity contribution is 5.95. The van der Waals surface area contributed by atoms with Gasteiger partial charge in [-0.05, 0) is 55.9 Å². The molecule has 1 aliphatic heterocycles. The van der Waals surface area contributed by atoms with E-state index in [2.05, 4.69) is 26.8 Å². The van der Waals surface area contributed by atoms with Crippen LogP contribution in [0.25, 0.3) is 11.3 Å². The highest BCUT2D eigenvalue weighted by Gasteiger charge is 2.30. The van der Waals surface area contributed by atoms with Gasteiger partial charge >= 0.3 is 6.09 Å². The van der Waals surface area contributed by atoms with Crippen molar-refractivity contribution in [3.05, 3.63) is 89.9 Å². The maximum atomic E-state index is 13.0. The Balaban J connectivity index is 1.26. The summed E-state index contributed by atoms with van der Waals surface area (Å²) in [7, 11) is 0. The van der Waals surface area contributed by atoms with E-state index in [1.54, 1.807) is 34.1 Å². The largest absolute Gasteiger partial charge is 0.444 e. The summed E-state index contributed by atoms with van der Waals surface area (Å²) >= 11 is 0. The van der Waals surface area contributed by atoms with Crippen molar-refractivity contribution in [1.82, 2.24) is 30.0 Å². The third-order valence-corrected chi connectivity index (χ3v) is 7.34. The van der Waals surface area contributed by atoms with Crippen molar-refractivity contribution in [2.24, 2.45) is 0 Å². The van der Waals surface area contributed by atoms with Gasteiger partial charge in [0.05, 0.1) is 29.8 Å². The molecule has 1 aliphatic rings. The Bertz CT molecular complexity index is 1600. The van der Waals surface area contributed by atoms with Crippen molar-refractivity contribution in [1.29, 1.82) is 5.26 Å². The molecule has 5 rings (SSSR count). The Morgan fingerprint density at radius 2 is 1.91 bits per heavy atom. The highest BCUT2D eigenvalue weighted by atomic mass is 16.6. The van der Waals surface area contributed by atoms with Crippen LogP contribution in [0.3, 0.4) is 0 Å². The lowest BCUT2D eigenvalue weighted by Gasteiger charge is -2.34. The molecule has 2 aromatic heterocycles. The van der Waals surface area contributed by atoms with Crippen LogP contribution in [-0.4, -0.2) is 49.2 Å². The number of hydrogen-bond acceptors (Lipinski definition) is 8. The summed E-state index contributed by atoms with van der Waals surface area (Å²) in [6, 6.07) is 18.3. The average Bonchev–Trinajstić information content (AvgIpc) is 3.52. The van der Waals surface area contributed by atoms with Gasteiger partial charge in [-0.2, -0.15) is 10.4 Å². The molecule has 2 atom stereocenters. The number of carbonyl (C=O) groups is 2. The molecule has 11 heteroatoms. The Labute approximate surface area is 250 Å². The van der Waals surface area contributed by atoms with Gasteiger partial charge in [0.15, 0.2) is 0 Å². The zero-order valence-corrected chi connectivity index (χ0v) is 24.2. The second-order valence-corrected chi connectivity index (χ2v) is 10.4. The zero-order chi connectivity index (χ0) is 30.2. The maximum absolute atomic E-state index is 13.0. The van der Waals surface area contributed by atoms with Gasteiger partial charge in [-0.15, -0.1) is 0 Å². The standard InChI is InChI=1S/C32H34N8O3/c1-3-26(17-33)36-30(41)25-14-12-24(13-15-25)29-22(2)18-34-31(38-29)37-27-19-35-40(20-27)28-11-7-8-16-39(28)32(42)43-21-23-9-5-4-6-10-23/h4-6,9-10,12-15,18-20,26,28H,3,7-8,11,16,21H2,1-2H3,(H,36,41)(H,34,37,38)/t26-,28?/m0/s1. The van der Waals surface area contributed by atoms with Gasteiger partial charge in [0.25, 0.3) is 5.91 Å². The number of anilines is 2. The molecular weight excluding hydrogens is 544 g/mol. The molecule has 0 saturated carbocycles. The fourth-order valence-corrected chi connectivity index (χ4v) is 4.94. The summed E-state index contributed by atoms with van der Waals surface area (Å²) < 4.78 is 7.39. The van der Waals surface area contributed by atoms with Gasteiger partial charge in [0.1, 0.15) is 18.8 Å². The number of hydrogen-bond donors (Lipinski definition) is 2. The number of nitrogens with zero attached hydrogens (tertiary/aromatic N) is 6. The minimum Gasteiger partial charge on any atom is -0.444 e. The third-order valence-electron chi connectivity index (χ3n) is 7.34. The van der Waals surface area contributed by atoms with Crippen molar-refractivity contribution in [3.8, 4) is 17.3 Å². The lowest BCUT2D eigenvalue weighted by molar-refractivity contribution is 0.0439. The van der Waals surface area contributed by atoms with Gasteiger partial charge in [-0.3, -0.25) is 9.69 Å². The van der Waals surface area contributed by atoms with E-state index < -0.39 is 6.04 Å². The minimum absolute atomic E-state index is 0.221. The molecule has 0 spiro atoms. The fraction of sp³-hybridized carbons (Fsp3) is 0.312. The molecular formula is C32H34N8O3. The van der Waals surface area contributed by atoms with Crippen LogP contribution in [0.2, 0.25) is 0 Å². The number of benzene rings is 2. The normalized spacial score (nSPS) is 15.3. The summed E-state index contributed by atoms with van der Waals surface area (Å²) in [5.41, 5.74) is 4.52. The second-order valence-electron chi connectivity index (χ2n) is 10.4. The smallest absolute Gasteiger partial charge is 0.411 e. The number of aromatic nitrogens is 4. The van der Waals surface area contributed by atoms with Crippen molar-refractivity contribution in [3.63, 3.8) is 0 Å². The molecule has 11 nitrogen and oxygen atoms in total. The van der Waals surface area contributed by atoms with E-state index in [0.29, 0.717) is 30.2 Å². The Morgan fingerprint density at radius 1 is 1.12 bits per heavy atom. The molecule has 1 unspecified atom stereocenters. The number of nitrogens with one attached hydrogen (secondary N) is 2. The molecule has 0 aliphatic carbocycles. The van der Waals surface area contributed by atoms with Gasteiger partial charge in [0, 0.05) is 23.9 Å². The summed E-state index contributed by atoms with van der Waals surface area (Å²) in [5, 5.41) is 19.6.